The molecule has 0 nitrogen and oxygen atoms in total. The molecule has 0 aliphatic heterocycles. The Kier molecular flexibility index (Phi) is 3.50. The number of rotatable bonds is 1. The standard InChI is InChI=1S/C2H3.CH3.Al.H/c1-2;;;/h1H,2H2;1H3;;. The van der Waals surface area contributed by atoms with Gasteiger partial charge >= 0.3 is 0 Å². The molecule has 4 heavy (non-hydrogen) atoms. The summed E-state index contributed by atoms with van der Waals surface area (Å²) < 4.78 is 0. The maximum Gasteiger partial charge on any atom is 0.266 e. The molecule has 0 rings (SSSR count). The van der Waals surface area contributed by atoms with Crippen LogP contribution in [0.3, 0.4) is 0 Å². The van der Waals surface area contributed by atoms with Gasteiger partial charge in [-0.1, -0.05) is 0 Å². The first-order valence-electron chi connectivity index (χ1n) is 1.52. The fourth-order valence-corrected chi connectivity index (χ4v) is 0. The molecule has 0 bridgehead atoms. The Morgan fingerprint density at radius 3 is 2.25 bits per heavy atom. The van der Waals surface area contributed by atoms with Crippen LogP contribution >= 0.6 is 0 Å². The largest absolute Gasteiger partial charge is 0.266 e. The third kappa shape index (κ3) is 2.27. The highest BCUT2D eigenvalue weighted by Gasteiger charge is 1.57. The minimum atomic E-state index is 0.188. The second-order valence-electron chi connectivity index (χ2n) is 0.697. The Morgan fingerprint density at radius 2 is 2.25 bits per heavy atom. The molecule has 0 aliphatic rings. The average Bonchev–Trinajstić information content (AvgIpc) is 1.37. The summed E-state index contributed by atoms with van der Waals surface area (Å²) >= 11 is 0.188. The second kappa shape index (κ2) is 3.27. The van der Waals surface area contributed by atoms with Crippen molar-refractivity contribution in [3.8, 4) is 0 Å². The van der Waals surface area contributed by atoms with Crippen LogP contribution in [0.15, 0.2) is 11.5 Å². The van der Waals surface area contributed by atoms with Crippen molar-refractivity contribution < 1.29 is 0 Å². The summed E-state index contributed by atoms with van der Waals surface area (Å²) in [5.74, 6) is 2.20. The molecule has 22 valence electrons. The van der Waals surface area contributed by atoms with Gasteiger partial charge in [0, 0.05) is 0 Å². The summed E-state index contributed by atoms with van der Waals surface area (Å²) in [5, 5.41) is 0. The summed E-state index contributed by atoms with van der Waals surface area (Å²) in [6, 6.07) is 0. The minimum absolute atomic E-state index is 0.188. The predicted molar refractivity (Wildman–Crippen MR) is 23.2 cm³/mol. The fourth-order valence-electron chi connectivity index (χ4n) is 0. The maximum absolute atomic E-state index is 3.54. The van der Waals surface area contributed by atoms with E-state index in [9.17, 15) is 0 Å². The lowest BCUT2D eigenvalue weighted by atomic mass is 11.3. The van der Waals surface area contributed by atoms with E-state index in [1.807, 2.05) is 4.94 Å². The minimum Gasteiger partial charge on any atom is -0.156 e. The molecule has 0 N–H and O–H groups in total. The van der Waals surface area contributed by atoms with Gasteiger partial charge in [-0.25, -0.2) is 0 Å². The topological polar surface area (TPSA) is 0 Å². The summed E-state index contributed by atoms with van der Waals surface area (Å²) in [5.41, 5.74) is 0. The molecule has 0 fully saturated rings. The molecule has 0 amide bonds. The Hall–Kier alpha value is 0.272. The van der Waals surface area contributed by atoms with Gasteiger partial charge in [-0.3, -0.25) is 0 Å². The molecule has 0 aromatic heterocycles. The summed E-state index contributed by atoms with van der Waals surface area (Å²) in [4.78, 5) is 2.01. The van der Waals surface area contributed by atoms with Crippen molar-refractivity contribution >= 4 is 15.2 Å². The number of hydrogen-bond donors (Lipinski definition) is 0. The van der Waals surface area contributed by atoms with Crippen LogP contribution in [-0.4, -0.2) is 15.2 Å². The normalized spacial score (nSPS) is 5.25. The summed E-state index contributed by atoms with van der Waals surface area (Å²) in [6.07, 6.45) is 0. The van der Waals surface area contributed by atoms with Crippen molar-refractivity contribution in [2.75, 3.05) is 0 Å². The zero-order chi connectivity index (χ0) is 3.41. The lowest BCUT2D eigenvalue weighted by Gasteiger charge is -1.49. The Labute approximate surface area is 33.2 Å². The van der Waals surface area contributed by atoms with E-state index in [2.05, 4.69) is 12.4 Å². The van der Waals surface area contributed by atoms with Crippen LogP contribution in [0.4, 0.5) is 0 Å². The molecule has 0 saturated carbocycles. The molecule has 0 saturated heterocycles. The van der Waals surface area contributed by atoms with Crippen molar-refractivity contribution in [2.45, 2.75) is 5.79 Å². The van der Waals surface area contributed by atoms with Crippen LogP contribution < -0.4 is 0 Å². The molecule has 1 heteroatoms. The van der Waals surface area contributed by atoms with E-state index in [0.29, 0.717) is 0 Å². The molecule has 0 aliphatic carbocycles. The molecule has 0 aromatic rings. The summed E-state index contributed by atoms with van der Waals surface area (Å²) in [6.45, 7) is 3.54. The van der Waals surface area contributed by atoms with Gasteiger partial charge in [-0.05, 0) is 0 Å². The van der Waals surface area contributed by atoms with E-state index in [0.717, 1.165) is 0 Å². The van der Waals surface area contributed by atoms with Gasteiger partial charge in [-0.2, -0.15) is 4.94 Å². The van der Waals surface area contributed by atoms with Crippen LogP contribution in [0.2, 0.25) is 5.79 Å². The van der Waals surface area contributed by atoms with Crippen LogP contribution in [0.25, 0.3) is 0 Å². The molecule has 0 heterocycles. The molecule has 0 radical (unpaired) electrons. The van der Waals surface area contributed by atoms with E-state index < -0.39 is 0 Å². The Balaban J connectivity index is 2.30. The second-order valence-corrected chi connectivity index (χ2v) is 2.09. The average molecular weight is 70.1 g/mol. The lowest BCUT2D eigenvalue weighted by Crippen LogP contribution is -1.61. The first kappa shape index (κ1) is 4.27. The van der Waals surface area contributed by atoms with Crippen molar-refractivity contribution in [1.82, 2.24) is 0 Å². The molecule has 0 atom stereocenters. The van der Waals surface area contributed by atoms with Crippen molar-refractivity contribution in [3.05, 3.63) is 11.5 Å². The summed E-state index contributed by atoms with van der Waals surface area (Å²) in [7, 11) is 0. The van der Waals surface area contributed by atoms with Gasteiger partial charge in [0.05, 0.1) is 0 Å². The molecular weight excluding hydrogens is 63.0 g/mol. The zero-order valence-corrected chi connectivity index (χ0v) is 4.41. The molecule has 0 spiro atoms. The van der Waals surface area contributed by atoms with Gasteiger partial charge in [-0.15, -0.1) is 12.4 Å². The Bertz CT molecular complexity index is 17.2. The van der Waals surface area contributed by atoms with Crippen molar-refractivity contribution in [3.63, 3.8) is 0 Å². The van der Waals surface area contributed by atoms with Crippen LogP contribution in [-0.2, 0) is 0 Å². The van der Waals surface area contributed by atoms with Gasteiger partial charge in [0.15, 0.2) is 0 Å². The Morgan fingerprint density at radius 1 is 2.00 bits per heavy atom. The van der Waals surface area contributed by atoms with E-state index in [1.54, 1.807) is 0 Å². The SMILES string of the molecule is C=[CH][AlH][CH3]. The van der Waals surface area contributed by atoms with Crippen molar-refractivity contribution in [2.24, 2.45) is 0 Å². The number of hydrogen-bond acceptors (Lipinski definition) is 0. The molecular formula is C3H7Al. The lowest BCUT2D eigenvalue weighted by molar-refractivity contribution is 2.26. The third-order valence-corrected chi connectivity index (χ3v) is 0.866. The van der Waals surface area contributed by atoms with E-state index >= 15 is 0 Å². The third-order valence-electron chi connectivity index (χ3n) is 0.289. The zero-order valence-electron chi connectivity index (χ0n) is 2.99. The monoisotopic (exact) mass is 70.0 g/mol. The van der Waals surface area contributed by atoms with Crippen LogP contribution in [0.1, 0.15) is 0 Å². The van der Waals surface area contributed by atoms with Gasteiger partial charge in [0.2, 0.25) is 0 Å². The van der Waals surface area contributed by atoms with Gasteiger partial charge in [0.25, 0.3) is 15.2 Å². The maximum atomic E-state index is 3.54. The van der Waals surface area contributed by atoms with E-state index in [-0.39, 0.29) is 15.2 Å². The highest BCUT2D eigenvalue weighted by atomic mass is 27.1. The first-order valence-corrected chi connectivity index (χ1v) is 3.75. The first-order chi connectivity index (χ1) is 1.91. The quantitative estimate of drug-likeness (QED) is 0.396. The molecule has 0 aromatic carbocycles. The van der Waals surface area contributed by atoms with Crippen LogP contribution in [0, 0.1) is 0 Å². The highest BCUT2D eigenvalue weighted by Crippen LogP contribution is 1.48. The van der Waals surface area contributed by atoms with Crippen molar-refractivity contribution in [1.29, 1.82) is 0 Å². The van der Waals surface area contributed by atoms with Gasteiger partial charge in [0.1, 0.15) is 0 Å². The molecule has 0 unspecified atom stereocenters. The van der Waals surface area contributed by atoms with E-state index in [4.69, 9.17) is 0 Å². The predicted octanol–water partition coefficient (Wildman–Crippen LogP) is 0.614. The van der Waals surface area contributed by atoms with Crippen LogP contribution in [0.5, 0.6) is 0 Å². The van der Waals surface area contributed by atoms with Gasteiger partial charge < -0.3 is 0 Å². The van der Waals surface area contributed by atoms with E-state index in [1.165, 1.54) is 0 Å². The fraction of sp³-hybridized carbons (Fsp3) is 0.333. The highest BCUT2D eigenvalue weighted by molar-refractivity contribution is 6.39. The smallest absolute Gasteiger partial charge is 0.156 e.